The number of nitrogens with zero attached hydrogens (tertiary/aromatic N) is 2. The molecule has 1 aromatic heterocycles. The van der Waals surface area contributed by atoms with E-state index >= 15 is 0 Å². The van der Waals surface area contributed by atoms with Gasteiger partial charge >= 0.3 is 0 Å². The number of nitrogens with one attached hydrogen (secondary N) is 1. The van der Waals surface area contributed by atoms with Crippen molar-refractivity contribution >= 4 is 0 Å². The van der Waals surface area contributed by atoms with Crippen LogP contribution in [0.15, 0.2) is 4.52 Å². The van der Waals surface area contributed by atoms with Crippen molar-refractivity contribution in [2.24, 2.45) is 0 Å². The predicted octanol–water partition coefficient (Wildman–Crippen LogP) is 1.47. The topological polar surface area (TPSA) is 60.2 Å². The molecule has 0 saturated heterocycles. The molecular formula is C12H21N3O2. The minimum atomic E-state index is 0.425. The number of rotatable bonds is 5. The Labute approximate surface area is 102 Å². The maximum absolute atomic E-state index is 5.41. The van der Waals surface area contributed by atoms with Crippen molar-refractivity contribution in [3.8, 4) is 0 Å². The summed E-state index contributed by atoms with van der Waals surface area (Å²) in [6, 6.07) is 0.571. The van der Waals surface area contributed by atoms with Gasteiger partial charge in [0, 0.05) is 33.0 Å². The Hall–Kier alpha value is -0.940. The van der Waals surface area contributed by atoms with Gasteiger partial charge < -0.3 is 14.6 Å². The number of hydrogen-bond acceptors (Lipinski definition) is 5. The second kappa shape index (κ2) is 6.12. The molecule has 1 N–H and O–H groups in total. The summed E-state index contributed by atoms with van der Waals surface area (Å²) in [4.78, 5) is 4.18. The molecule has 0 radical (unpaired) electrons. The van der Waals surface area contributed by atoms with Gasteiger partial charge in [-0.15, -0.1) is 0 Å². The Kier molecular flexibility index (Phi) is 4.50. The third kappa shape index (κ3) is 3.78. The lowest BCUT2D eigenvalue weighted by Crippen LogP contribution is -2.37. The van der Waals surface area contributed by atoms with Crippen LogP contribution in [0.2, 0.25) is 0 Å². The van der Waals surface area contributed by atoms with Gasteiger partial charge in [-0.3, -0.25) is 0 Å². The number of methoxy groups -OCH3 is 1. The van der Waals surface area contributed by atoms with Gasteiger partial charge in [0.25, 0.3) is 0 Å². The molecule has 0 bridgehead atoms. The summed E-state index contributed by atoms with van der Waals surface area (Å²) in [6.07, 6.45) is 6.04. The van der Waals surface area contributed by atoms with Crippen LogP contribution in [-0.2, 0) is 11.2 Å². The minimum Gasteiger partial charge on any atom is -0.381 e. The van der Waals surface area contributed by atoms with Crippen molar-refractivity contribution in [2.45, 2.75) is 51.2 Å². The Morgan fingerprint density at radius 3 is 3.06 bits per heavy atom. The molecule has 2 unspecified atom stereocenters. The zero-order chi connectivity index (χ0) is 12.1. The van der Waals surface area contributed by atoms with Crippen LogP contribution in [0.5, 0.6) is 0 Å². The number of hydrogen-bond donors (Lipinski definition) is 1. The van der Waals surface area contributed by atoms with Crippen LogP contribution < -0.4 is 5.32 Å². The lowest BCUT2D eigenvalue weighted by Gasteiger charge is -2.28. The fraction of sp³-hybridized carbons (Fsp3) is 0.833. The molecular weight excluding hydrogens is 218 g/mol. The molecule has 0 spiro atoms. The van der Waals surface area contributed by atoms with E-state index in [4.69, 9.17) is 9.26 Å². The standard InChI is InChI=1S/C12H21N3O2/c1-9-14-12(15-17-9)6-7-13-10-4-3-5-11(8-10)16-2/h10-11,13H,3-8H2,1-2H3. The molecule has 0 amide bonds. The summed E-state index contributed by atoms with van der Waals surface area (Å²) in [6.45, 7) is 2.72. The third-order valence-electron chi connectivity index (χ3n) is 3.31. The molecule has 2 atom stereocenters. The Balaban J connectivity index is 1.68. The van der Waals surface area contributed by atoms with Crippen molar-refractivity contribution in [1.29, 1.82) is 0 Å². The number of aromatic nitrogens is 2. The highest BCUT2D eigenvalue weighted by molar-refractivity contribution is 4.86. The second-order valence-electron chi connectivity index (χ2n) is 4.65. The fourth-order valence-corrected chi connectivity index (χ4v) is 2.38. The quantitative estimate of drug-likeness (QED) is 0.843. The Morgan fingerprint density at radius 2 is 2.35 bits per heavy atom. The highest BCUT2D eigenvalue weighted by Gasteiger charge is 2.20. The summed E-state index contributed by atoms with van der Waals surface area (Å²) in [5.74, 6) is 1.42. The molecule has 0 aromatic carbocycles. The van der Waals surface area contributed by atoms with Gasteiger partial charge in [0.15, 0.2) is 5.82 Å². The lowest BCUT2D eigenvalue weighted by atomic mass is 9.93. The molecule has 1 fully saturated rings. The smallest absolute Gasteiger partial charge is 0.223 e. The average molecular weight is 239 g/mol. The summed E-state index contributed by atoms with van der Waals surface area (Å²) in [5.41, 5.74) is 0. The summed E-state index contributed by atoms with van der Waals surface area (Å²) < 4.78 is 10.3. The van der Waals surface area contributed by atoms with Crippen molar-refractivity contribution in [1.82, 2.24) is 15.5 Å². The highest BCUT2D eigenvalue weighted by Crippen LogP contribution is 2.20. The first-order valence-electron chi connectivity index (χ1n) is 6.33. The van der Waals surface area contributed by atoms with E-state index in [1.165, 1.54) is 19.3 Å². The van der Waals surface area contributed by atoms with Crippen LogP contribution in [0.4, 0.5) is 0 Å². The highest BCUT2D eigenvalue weighted by atomic mass is 16.5. The van der Waals surface area contributed by atoms with Gasteiger partial charge in [0.2, 0.25) is 5.89 Å². The maximum Gasteiger partial charge on any atom is 0.223 e. The Morgan fingerprint density at radius 1 is 1.47 bits per heavy atom. The van der Waals surface area contributed by atoms with E-state index in [1.807, 2.05) is 6.92 Å². The summed E-state index contributed by atoms with van der Waals surface area (Å²) in [5, 5.41) is 7.42. The molecule has 17 heavy (non-hydrogen) atoms. The molecule has 5 heteroatoms. The van der Waals surface area contributed by atoms with Crippen LogP contribution in [0.25, 0.3) is 0 Å². The van der Waals surface area contributed by atoms with Crippen LogP contribution in [0.3, 0.4) is 0 Å². The zero-order valence-corrected chi connectivity index (χ0v) is 10.6. The van der Waals surface area contributed by atoms with E-state index in [9.17, 15) is 0 Å². The van der Waals surface area contributed by atoms with E-state index in [0.717, 1.165) is 25.2 Å². The largest absolute Gasteiger partial charge is 0.381 e. The van der Waals surface area contributed by atoms with Crippen LogP contribution >= 0.6 is 0 Å². The molecule has 1 aliphatic carbocycles. The zero-order valence-electron chi connectivity index (χ0n) is 10.6. The van der Waals surface area contributed by atoms with Crippen LogP contribution in [0.1, 0.15) is 37.4 Å². The van der Waals surface area contributed by atoms with Crippen molar-refractivity contribution in [2.75, 3.05) is 13.7 Å². The minimum absolute atomic E-state index is 0.425. The van der Waals surface area contributed by atoms with E-state index < -0.39 is 0 Å². The van der Waals surface area contributed by atoms with Gasteiger partial charge in [-0.05, 0) is 25.7 Å². The third-order valence-corrected chi connectivity index (χ3v) is 3.31. The molecule has 0 aliphatic heterocycles. The lowest BCUT2D eigenvalue weighted by molar-refractivity contribution is 0.0590. The second-order valence-corrected chi connectivity index (χ2v) is 4.65. The van der Waals surface area contributed by atoms with Crippen molar-refractivity contribution in [3.63, 3.8) is 0 Å². The average Bonchev–Trinajstić information content (AvgIpc) is 2.75. The van der Waals surface area contributed by atoms with Gasteiger partial charge in [-0.1, -0.05) is 5.16 Å². The van der Waals surface area contributed by atoms with Gasteiger partial charge in [-0.25, -0.2) is 0 Å². The predicted molar refractivity (Wildman–Crippen MR) is 63.8 cm³/mol. The van der Waals surface area contributed by atoms with E-state index in [1.54, 1.807) is 7.11 Å². The normalized spacial score (nSPS) is 25.1. The van der Waals surface area contributed by atoms with Gasteiger partial charge in [0.1, 0.15) is 0 Å². The van der Waals surface area contributed by atoms with E-state index in [2.05, 4.69) is 15.5 Å². The first-order valence-corrected chi connectivity index (χ1v) is 6.33. The molecule has 1 aliphatic rings. The monoisotopic (exact) mass is 239 g/mol. The molecule has 96 valence electrons. The Bertz CT molecular complexity index is 340. The molecule has 2 rings (SSSR count). The number of aryl methyl sites for hydroxylation is 1. The van der Waals surface area contributed by atoms with Gasteiger partial charge in [0.05, 0.1) is 6.10 Å². The fourth-order valence-electron chi connectivity index (χ4n) is 2.38. The van der Waals surface area contributed by atoms with Crippen LogP contribution in [0, 0.1) is 6.92 Å². The van der Waals surface area contributed by atoms with E-state index in [-0.39, 0.29) is 0 Å². The molecule has 5 nitrogen and oxygen atoms in total. The molecule has 1 aromatic rings. The van der Waals surface area contributed by atoms with E-state index in [0.29, 0.717) is 18.0 Å². The summed E-state index contributed by atoms with van der Waals surface area (Å²) >= 11 is 0. The first kappa shape index (κ1) is 12.5. The number of ether oxygens (including phenoxy) is 1. The van der Waals surface area contributed by atoms with Gasteiger partial charge in [-0.2, -0.15) is 4.98 Å². The molecule has 1 heterocycles. The maximum atomic E-state index is 5.41. The van der Waals surface area contributed by atoms with Crippen molar-refractivity contribution in [3.05, 3.63) is 11.7 Å². The van der Waals surface area contributed by atoms with Crippen molar-refractivity contribution < 1.29 is 9.26 Å². The summed E-state index contributed by atoms with van der Waals surface area (Å²) in [7, 11) is 1.80. The first-order chi connectivity index (χ1) is 8.28. The van der Waals surface area contributed by atoms with Crippen LogP contribution in [-0.4, -0.2) is 35.9 Å². The SMILES string of the molecule is COC1CCCC(NCCc2noc(C)n2)C1. The molecule has 1 saturated carbocycles.